The van der Waals surface area contributed by atoms with E-state index in [4.69, 9.17) is 9.84 Å². The van der Waals surface area contributed by atoms with Crippen molar-refractivity contribution < 1.29 is 19.4 Å². The Hall–Kier alpha value is -1.10. The predicted molar refractivity (Wildman–Crippen MR) is 58.0 cm³/mol. The Morgan fingerprint density at radius 3 is 2.69 bits per heavy atom. The van der Waals surface area contributed by atoms with E-state index >= 15 is 0 Å². The van der Waals surface area contributed by atoms with Crippen LogP contribution in [0.15, 0.2) is 0 Å². The van der Waals surface area contributed by atoms with E-state index in [2.05, 4.69) is 0 Å². The van der Waals surface area contributed by atoms with Gasteiger partial charge in [0.05, 0.1) is 5.92 Å². The van der Waals surface area contributed by atoms with Gasteiger partial charge in [-0.1, -0.05) is 6.92 Å². The van der Waals surface area contributed by atoms with E-state index in [9.17, 15) is 9.59 Å². The fourth-order valence-electron chi connectivity index (χ4n) is 2.01. The Kier molecular flexibility index (Phi) is 4.73. The van der Waals surface area contributed by atoms with Crippen LogP contribution in [0.5, 0.6) is 0 Å². The second-order valence-corrected chi connectivity index (χ2v) is 4.31. The Morgan fingerprint density at radius 1 is 1.44 bits per heavy atom. The molecule has 1 N–H and O–H groups in total. The van der Waals surface area contributed by atoms with Crippen molar-refractivity contribution in [2.45, 2.75) is 20.3 Å². The van der Waals surface area contributed by atoms with Gasteiger partial charge in [0, 0.05) is 19.7 Å². The largest absolute Gasteiger partial charge is 0.481 e. The molecule has 5 heteroatoms. The monoisotopic (exact) mass is 229 g/mol. The second-order valence-electron chi connectivity index (χ2n) is 4.31. The number of hydrogen-bond acceptors (Lipinski definition) is 3. The van der Waals surface area contributed by atoms with Crippen molar-refractivity contribution in [2.75, 3.05) is 26.3 Å². The van der Waals surface area contributed by atoms with Crippen LogP contribution in [0.2, 0.25) is 0 Å². The quantitative estimate of drug-likeness (QED) is 0.766. The highest BCUT2D eigenvalue weighted by molar-refractivity contribution is 5.79. The molecule has 0 aliphatic carbocycles. The molecular formula is C11H19NO4. The highest BCUT2D eigenvalue weighted by Crippen LogP contribution is 2.21. The number of carbonyl (C=O) groups excluding carboxylic acids is 1. The number of piperidine rings is 1. The average molecular weight is 229 g/mol. The Morgan fingerprint density at radius 2 is 2.12 bits per heavy atom. The third-order valence-corrected chi connectivity index (χ3v) is 2.79. The minimum Gasteiger partial charge on any atom is -0.481 e. The van der Waals surface area contributed by atoms with Crippen molar-refractivity contribution in [3.8, 4) is 0 Å². The van der Waals surface area contributed by atoms with E-state index in [0.29, 0.717) is 26.1 Å². The van der Waals surface area contributed by atoms with Crippen molar-refractivity contribution in [3.05, 3.63) is 0 Å². The van der Waals surface area contributed by atoms with E-state index in [0.717, 1.165) is 0 Å². The zero-order valence-corrected chi connectivity index (χ0v) is 9.81. The van der Waals surface area contributed by atoms with E-state index in [1.807, 2.05) is 13.8 Å². The summed E-state index contributed by atoms with van der Waals surface area (Å²) in [4.78, 5) is 24.2. The van der Waals surface area contributed by atoms with Crippen LogP contribution in [0, 0.1) is 11.8 Å². The first-order valence-corrected chi connectivity index (χ1v) is 5.62. The maximum absolute atomic E-state index is 11.7. The van der Waals surface area contributed by atoms with Gasteiger partial charge in [-0.3, -0.25) is 9.59 Å². The highest BCUT2D eigenvalue weighted by Gasteiger charge is 2.31. The van der Waals surface area contributed by atoms with E-state index in [1.54, 1.807) is 4.90 Å². The van der Waals surface area contributed by atoms with Crippen molar-refractivity contribution in [1.29, 1.82) is 0 Å². The van der Waals surface area contributed by atoms with Crippen LogP contribution < -0.4 is 0 Å². The number of ether oxygens (including phenoxy) is 1. The van der Waals surface area contributed by atoms with Crippen LogP contribution >= 0.6 is 0 Å². The molecule has 92 valence electrons. The van der Waals surface area contributed by atoms with Crippen LogP contribution in [0.25, 0.3) is 0 Å². The molecule has 2 unspecified atom stereocenters. The molecule has 16 heavy (non-hydrogen) atoms. The van der Waals surface area contributed by atoms with Gasteiger partial charge < -0.3 is 14.7 Å². The molecular weight excluding hydrogens is 210 g/mol. The molecule has 1 amide bonds. The van der Waals surface area contributed by atoms with Gasteiger partial charge in [0.2, 0.25) is 5.91 Å². The fraction of sp³-hybridized carbons (Fsp3) is 0.818. The number of nitrogens with zero attached hydrogens (tertiary/aromatic N) is 1. The number of aliphatic carboxylic acids is 1. The Balaban J connectivity index is 2.53. The zero-order chi connectivity index (χ0) is 12.1. The summed E-state index contributed by atoms with van der Waals surface area (Å²) in [7, 11) is 0. The van der Waals surface area contributed by atoms with Gasteiger partial charge in [0.15, 0.2) is 0 Å². The van der Waals surface area contributed by atoms with Crippen molar-refractivity contribution in [2.24, 2.45) is 11.8 Å². The second kappa shape index (κ2) is 5.84. The average Bonchev–Trinajstić information content (AvgIpc) is 2.24. The van der Waals surface area contributed by atoms with Gasteiger partial charge >= 0.3 is 5.97 Å². The summed E-state index contributed by atoms with van der Waals surface area (Å²) >= 11 is 0. The summed E-state index contributed by atoms with van der Waals surface area (Å²) in [5.41, 5.74) is 0. The number of carboxylic acids is 1. The van der Waals surface area contributed by atoms with Crippen LogP contribution in [0.4, 0.5) is 0 Å². The first kappa shape index (κ1) is 13.0. The summed E-state index contributed by atoms with van der Waals surface area (Å²) in [6, 6.07) is 0. The lowest BCUT2D eigenvalue weighted by Crippen LogP contribution is -2.46. The SMILES string of the molecule is CCOCC(=O)N1CC(C)CC(C(=O)O)C1. The number of hydrogen-bond donors (Lipinski definition) is 1. The molecule has 0 aromatic carbocycles. The number of likely N-dealkylation sites (tertiary alicyclic amines) is 1. The maximum atomic E-state index is 11.7. The molecule has 1 fully saturated rings. The third kappa shape index (κ3) is 3.48. The molecule has 0 aromatic heterocycles. The molecule has 2 atom stereocenters. The predicted octanol–water partition coefficient (Wildman–Crippen LogP) is 0.592. The normalized spacial score (nSPS) is 25.5. The molecule has 5 nitrogen and oxygen atoms in total. The van der Waals surface area contributed by atoms with Crippen LogP contribution in [0.3, 0.4) is 0 Å². The lowest BCUT2D eigenvalue weighted by molar-refractivity contribution is -0.148. The van der Waals surface area contributed by atoms with Crippen molar-refractivity contribution >= 4 is 11.9 Å². The van der Waals surface area contributed by atoms with Gasteiger partial charge in [-0.05, 0) is 19.3 Å². The number of rotatable bonds is 4. The molecule has 1 rings (SSSR count). The minimum absolute atomic E-state index is 0.0511. The maximum Gasteiger partial charge on any atom is 0.308 e. The fourth-order valence-corrected chi connectivity index (χ4v) is 2.01. The molecule has 1 heterocycles. The van der Waals surface area contributed by atoms with Crippen molar-refractivity contribution in [3.63, 3.8) is 0 Å². The van der Waals surface area contributed by atoms with Gasteiger partial charge in [-0.15, -0.1) is 0 Å². The van der Waals surface area contributed by atoms with Gasteiger partial charge in [-0.25, -0.2) is 0 Å². The summed E-state index contributed by atoms with van der Waals surface area (Å²) < 4.78 is 5.04. The molecule has 1 saturated heterocycles. The minimum atomic E-state index is -0.819. The molecule has 0 bridgehead atoms. The third-order valence-electron chi connectivity index (χ3n) is 2.79. The van der Waals surface area contributed by atoms with Crippen LogP contribution in [-0.4, -0.2) is 48.2 Å². The molecule has 0 aromatic rings. The molecule has 1 aliphatic heterocycles. The first-order chi connectivity index (χ1) is 7.54. The van der Waals surface area contributed by atoms with Crippen molar-refractivity contribution in [1.82, 2.24) is 4.90 Å². The van der Waals surface area contributed by atoms with E-state index in [1.165, 1.54) is 0 Å². The van der Waals surface area contributed by atoms with Gasteiger partial charge in [-0.2, -0.15) is 0 Å². The Bertz CT molecular complexity index is 267. The molecule has 0 spiro atoms. The summed E-state index contributed by atoms with van der Waals surface area (Å²) in [6.45, 7) is 5.29. The van der Waals surface area contributed by atoms with Crippen LogP contribution in [0.1, 0.15) is 20.3 Å². The van der Waals surface area contributed by atoms with Gasteiger partial charge in [0.25, 0.3) is 0 Å². The van der Waals surface area contributed by atoms with E-state index in [-0.39, 0.29) is 18.4 Å². The first-order valence-electron chi connectivity index (χ1n) is 5.62. The summed E-state index contributed by atoms with van der Waals surface area (Å²) in [5.74, 6) is -1.13. The lowest BCUT2D eigenvalue weighted by atomic mass is 9.90. The van der Waals surface area contributed by atoms with E-state index < -0.39 is 11.9 Å². The molecule has 1 aliphatic rings. The van der Waals surface area contributed by atoms with Gasteiger partial charge in [0.1, 0.15) is 6.61 Å². The smallest absolute Gasteiger partial charge is 0.308 e. The molecule has 0 saturated carbocycles. The summed E-state index contributed by atoms with van der Waals surface area (Å²) in [6.07, 6.45) is 0.647. The topological polar surface area (TPSA) is 66.8 Å². The highest BCUT2D eigenvalue weighted by atomic mass is 16.5. The Labute approximate surface area is 95.4 Å². The molecule has 0 radical (unpaired) electrons. The summed E-state index contributed by atoms with van der Waals surface area (Å²) in [5, 5.41) is 8.96. The zero-order valence-electron chi connectivity index (χ0n) is 9.81. The number of carbonyl (C=O) groups is 2. The number of amides is 1. The number of carboxylic acid groups (broad SMARTS) is 1. The van der Waals surface area contributed by atoms with Crippen LogP contribution in [-0.2, 0) is 14.3 Å². The lowest BCUT2D eigenvalue weighted by Gasteiger charge is -2.34. The standard InChI is InChI=1S/C11H19NO4/c1-3-16-7-10(13)12-5-8(2)4-9(6-12)11(14)15/h8-9H,3-7H2,1-2H3,(H,14,15).